The molecule has 0 amide bonds. The molecule has 0 bridgehead atoms. The molecule has 52 valence electrons. The van der Waals surface area contributed by atoms with Crippen LogP contribution >= 0.6 is 0 Å². The lowest BCUT2D eigenvalue weighted by atomic mass is 10.0. The summed E-state index contributed by atoms with van der Waals surface area (Å²) < 4.78 is 0. The normalized spacial score (nSPS) is 16.5. The topological polar surface area (TPSA) is 23.9 Å². The van der Waals surface area contributed by atoms with Gasteiger partial charge in [-0.25, -0.2) is 0 Å². The molecule has 1 aliphatic carbocycles. The fraction of sp³-hybridized carbons (Fsp3) is 0.333. The molecule has 0 radical (unpaired) electrons. The first-order valence-corrected chi connectivity index (χ1v) is 3.52. The highest BCUT2D eigenvalue weighted by Gasteiger charge is 1.97. The summed E-state index contributed by atoms with van der Waals surface area (Å²) in [5.41, 5.74) is 2.33. The zero-order chi connectivity index (χ0) is 7.40. The van der Waals surface area contributed by atoms with Gasteiger partial charge in [0.25, 0.3) is 0 Å². The van der Waals surface area contributed by atoms with Crippen molar-refractivity contribution in [2.75, 3.05) is 0 Å². The Labute approximate surface area is 61.3 Å². The smallest absolute Gasteiger partial charge is 0.0166 e. The van der Waals surface area contributed by atoms with Crippen LogP contribution in [0, 0.1) is 5.41 Å². The fourth-order valence-corrected chi connectivity index (χ4v) is 0.940. The molecule has 0 saturated heterocycles. The Bertz CT molecular complexity index is 224. The van der Waals surface area contributed by atoms with Crippen molar-refractivity contribution in [1.82, 2.24) is 0 Å². The number of nitrogens with one attached hydrogen (secondary N) is 1. The Hall–Kier alpha value is -1.07. The Kier molecular flexibility index (Phi) is 2.24. The molecule has 0 fully saturated rings. The SMILES string of the molecule is CCC1=CCC(=C=N)C=C1. The number of allylic oxidation sites excluding steroid dienone is 5. The molecule has 1 N–H and O–H groups in total. The third-order valence-electron chi connectivity index (χ3n) is 1.65. The first-order chi connectivity index (χ1) is 4.86. The van der Waals surface area contributed by atoms with Crippen LogP contribution in [0.4, 0.5) is 0 Å². The van der Waals surface area contributed by atoms with Crippen LogP contribution < -0.4 is 0 Å². The van der Waals surface area contributed by atoms with Crippen molar-refractivity contribution < 1.29 is 0 Å². The molecule has 0 spiro atoms. The van der Waals surface area contributed by atoms with Crippen molar-refractivity contribution in [3.05, 3.63) is 29.4 Å². The maximum absolute atomic E-state index is 6.85. The van der Waals surface area contributed by atoms with E-state index >= 15 is 0 Å². The van der Waals surface area contributed by atoms with Crippen LogP contribution in [-0.2, 0) is 0 Å². The van der Waals surface area contributed by atoms with E-state index < -0.39 is 0 Å². The van der Waals surface area contributed by atoms with Gasteiger partial charge in [-0.3, -0.25) is 5.41 Å². The number of rotatable bonds is 1. The summed E-state index contributed by atoms with van der Waals surface area (Å²) in [6.07, 6.45) is 8.13. The van der Waals surface area contributed by atoms with Gasteiger partial charge in [-0.2, -0.15) is 0 Å². The summed E-state index contributed by atoms with van der Waals surface area (Å²) in [5.74, 6) is 2.38. The summed E-state index contributed by atoms with van der Waals surface area (Å²) in [7, 11) is 0. The van der Waals surface area contributed by atoms with Crippen molar-refractivity contribution in [3.8, 4) is 0 Å². The van der Waals surface area contributed by atoms with E-state index in [1.54, 1.807) is 0 Å². The third kappa shape index (κ3) is 1.46. The Balaban J connectivity index is 2.72. The average Bonchev–Trinajstić information content (AvgIpc) is 2.05. The molecule has 0 atom stereocenters. The van der Waals surface area contributed by atoms with E-state index in [-0.39, 0.29) is 0 Å². The first kappa shape index (κ1) is 7.04. The monoisotopic (exact) mass is 133 g/mol. The van der Waals surface area contributed by atoms with Crippen molar-refractivity contribution in [2.45, 2.75) is 19.8 Å². The van der Waals surface area contributed by atoms with Crippen molar-refractivity contribution in [1.29, 1.82) is 5.41 Å². The number of hydrogen-bond donors (Lipinski definition) is 1. The molecule has 10 heavy (non-hydrogen) atoms. The second-order valence-electron chi connectivity index (χ2n) is 2.32. The highest BCUT2D eigenvalue weighted by Crippen LogP contribution is 2.14. The van der Waals surface area contributed by atoms with Gasteiger partial charge in [0.1, 0.15) is 0 Å². The lowest BCUT2D eigenvalue weighted by Gasteiger charge is -2.03. The molecular weight excluding hydrogens is 122 g/mol. The summed E-state index contributed by atoms with van der Waals surface area (Å²) in [5, 5.41) is 6.85. The van der Waals surface area contributed by atoms with Crippen LogP contribution in [0.5, 0.6) is 0 Å². The van der Waals surface area contributed by atoms with Gasteiger partial charge < -0.3 is 0 Å². The Morgan fingerprint density at radius 1 is 1.60 bits per heavy atom. The maximum atomic E-state index is 6.85. The van der Waals surface area contributed by atoms with Gasteiger partial charge in [-0.05, 0) is 24.8 Å². The molecule has 1 rings (SSSR count). The van der Waals surface area contributed by atoms with Crippen LogP contribution in [0.15, 0.2) is 29.4 Å². The predicted octanol–water partition coefficient (Wildman–Crippen LogP) is 2.46. The van der Waals surface area contributed by atoms with Gasteiger partial charge in [-0.15, -0.1) is 0 Å². The first-order valence-electron chi connectivity index (χ1n) is 3.52. The molecule has 0 aliphatic heterocycles. The zero-order valence-electron chi connectivity index (χ0n) is 6.15. The second-order valence-corrected chi connectivity index (χ2v) is 2.32. The minimum absolute atomic E-state index is 0.878. The largest absolute Gasteiger partial charge is 0.258 e. The van der Waals surface area contributed by atoms with E-state index in [1.807, 2.05) is 6.08 Å². The summed E-state index contributed by atoms with van der Waals surface area (Å²) >= 11 is 0. The molecule has 0 aromatic carbocycles. The maximum Gasteiger partial charge on any atom is 0.0166 e. The van der Waals surface area contributed by atoms with Crippen LogP contribution in [0.2, 0.25) is 0 Å². The van der Waals surface area contributed by atoms with E-state index in [9.17, 15) is 0 Å². The van der Waals surface area contributed by atoms with Gasteiger partial charge in [0.15, 0.2) is 0 Å². The highest BCUT2D eigenvalue weighted by atomic mass is 14.3. The summed E-state index contributed by atoms with van der Waals surface area (Å²) in [6.45, 7) is 2.13. The fourth-order valence-electron chi connectivity index (χ4n) is 0.940. The summed E-state index contributed by atoms with van der Waals surface area (Å²) in [6, 6.07) is 0. The molecule has 0 aromatic rings. The highest BCUT2D eigenvalue weighted by molar-refractivity contribution is 5.61. The van der Waals surface area contributed by atoms with Crippen LogP contribution in [0.1, 0.15) is 19.8 Å². The van der Waals surface area contributed by atoms with Gasteiger partial charge in [0, 0.05) is 5.57 Å². The van der Waals surface area contributed by atoms with Gasteiger partial charge in [-0.1, -0.05) is 24.6 Å². The van der Waals surface area contributed by atoms with Crippen LogP contribution in [0.3, 0.4) is 0 Å². The molecule has 0 unspecified atom stereocenters. The van der Waals surface area contributed by atoms with Crippen molar-refractivity contribution >= 4 is 5.87 Å². The molecule has 1 nitrogen and oxygen atoms in total. The van der Waals surface area contributed by atoms with Gasteiger partial charge in [0.05, 0.1) is 0 Å². The number of hydrogen-bond acceptors (Lipinski definition) is 1. The molecule has 0 heterocycles. The standard InChI is InChI=1S/C9H11N/c1-2-8-3-5-9(7-10)6-4-8/h3-5,10H,2,6H2,1H3. The van der Waals surface area contributed by atoms with E-state index in [0.717, 1.165) is 18.4 Å². The quantitative estimate of drug-likeness (QED) is 0.531. The molecule has 0 aromatic heterocycles. The molecule has 1 aliphatic rings. The van der Waals surface area contributed by atoms with E-state index in [4.69, 9.17) is 5.41 Å². The third-order valence-corrected chi connectivity index (χ3v) is 1.65. The Morgan fingerprint density at radius 2 is 2.40 bits per heavy atom. The molecular formula is C9H11N. The van der Waals surface area contributed by atoms with E-state index in [2.05, 4.69) is 24.9 Å². The predicted molar refractivity (Wildman–Crippen MR) is 43.4 cm³/mol. The lowest BCUT2D eigenvalue weighted by Crippen LogP contribution is -1.86. The zero-order valence-corrected chi connectivity index (χ0v) is 6.15. The average molecular weight is 133 g/mol. The summed E-state index contributed by atoms with van der Waals surface area (Å²) in [4.78, 5) is 0. The van der Waals surface area contributed by atoms with Crippen molar-refractivity contribution in [2.24, 2.45) is 0 Å². The molecule has 1 heteroatoms. The molecule has 0 saturated carbocycles. The van der Waals surface area contributed by atoms with E-state index in [1.165, 1.54) is 5.57 Å². The lowest BCUT2D eigenvalue weighted by molar-refractivity contribution is 1.10. The second kappa shape index (κ2) is 3.19. The minimum atomic E-state index is 0.878. The van der Waals surface area contributed by atoms with Gasteiger partial charge >= 0.3 is 0 Å². The Morgan fingerprint density at radius 3 is 2.80 bits per heavy atom. The van der Waals surface area contributed by atoms with Crippen molar-refractivity contribution in [3.63, 3.8) is 0 Å². The van der Waals surface area contributed by atoms with Crippen LogP contribution in [0.25, 0.3) is 0 Å². The van der Waals surface area contributed by atoms with Crippen LogP contribution in [-0.4, -0.2) is 5.87 Å². The minimum Gasteiger partial charge on any atom is -0.258 e. The van der Waals surface area contributed by atoms with Gasteiger partial charge in [0.2, 0.25) is 0 Å². The van der Waals surface area contributed by atoms with E-state index in [0.29, 0.717) is 0 Å².